The summed E-state index contributed by atoms with van der Waals surface area (Å²) in [7, 11) is 0. The standard InChI is InChI=1S/C15H28O2/c1-2-3-4-13-5-8-15(12-16,9-6-13)14-7-10-17-11-14/h13-14,16H,2-12H2,1H3. The maximum Gasteiger partial charge on any atom is 0.0501 e. The van der Waals surface area contributed by atoms with Gasteiger partial charge in [-0.3, -0.25) is 0 Å². The molecular weight excluding hydrogens is 212 g/mol. The van der Waals surface area contributed by atoms with E-state index < -0.39 is 0 Å². The molecule has 0 radical (unpaired) electrons. The zero-order valence-electron chi connectivity index (χ0n) is 11.3. The van der Waals surface area contributed by atoms with Gasteiger partial charge in [0.15, 0.2) is 0 Å². The highest BCUT2D eigenvalue weighted by molar-refractivity contribution is 4.92. The molecule has 0 aromatic carbocycles. The third-order valence-corrected chi connectivity index (χ3v) is 5.18. The third kappa shape index (κ3) is 3.03. The zero-order chi connectivity index (χ0) is 12.1. The number of aliphatic hydroxyl groups excluding tert-OH is 1. The Bertz CT molecular complexity index is 213. The van der Waals surface area contributed by atoms with Gasteiger partial charge in [0.25, 0.3) is 0 Å². The van der Waals surface area contributed by atoms with Crippen LogP contribution >= 0.6 is 0 Å². The van der Waals surface area contributed by atoms with Crippen molar-refractivity contribution < 1.29 is 9.84 Å². The van der Waals surface area contributed by atoms with Crippen molar-refractivity contribution in [1.82, 2.24) is 0 Å². The molecule has 1 aliphatic heterocycles. The highest BCUT2D eigenvalue weighted by Crippen LogP contribution is 2.47. The van der Waals surface area contributed by atoms with Crippen molar-refractivity contribution >= 4 is 0 Å². The molecule has 1 N–H and O–H groups in total. The molecule has 0 amide bonds. The fourth-order valence-electron chi connectivity index (χ4n) is 3.75. The molecular formula is C15H28O2. The molecule has 2 fully saturated rings. The lowest BCUT2D eigenvalue weighted by Crippen LogP contribution is -2.38. The lowest BCUT2D eigenvalue weighted by Gasteiger charge is -2.43. The normalized spacial score (nSPS) is 38.5. The van der Waals surface area contributed by atoms with Crippen LogP contribution in [0, 0.1) is 17.3 Å². The van der Waals surface area contributed by atoms with E-state index in [0.717, 1.165) is 19.1 Å². The van der Waals surface area contributed by atoms with Crippen molar-refractivity contribution in [2.45, 2.75) is 58.3 Å². The highest BCUT2D eigenvalue weighted by Gasteiger charge is 2.42. The summed E-state index contributed by atoms with van der Waals surface area (Å²) in [4.78, 5) is 0. The summed E-state index contributed by atoms with van der Waals surface area (Å²) >= 11 is 0. The predicted octanol–water partition coefficient (Wildman–Crippen LogP) is 3.38. The Hall–Kier alpha value is -0.0800. The van der Waals surface area contributed by atoms with Crippen molar-refractivity contribution in [2.75, 3.05) is 19.8 Å². The van der Waals surface area contributed by atoms with Crippen molar-refractivity contribution in [3.05, 3.63) is 0 Å². The van der Waals surface area contributed by atoms with Crippen LogP contribution in [0.15, 0.2) is 0 Å². The predicted molar refractivity (Wildman–Crippen MR) is 69.9 cm³/mol. The number of hydrogen-bond donors (Lipinski definition) is 1. The van der Waals surface area contributed by atoms with Crippen molar-refractivity contribution in [3.8, 4) is 0 Å². The first-order valence-corrected chi connectivity index (χ1v) is 7.49. The molecule has 1 saturated carbocycles. The molecule has 0 aromatic heterocycles. The number of hydrogen-bond acceptors (Lipinski definition) is 2. The van der Waals surface area contributed by atoms with E-state index in [1.807, 2.05) is 0 Å². The molecule has 2 rings (SSSR count). The summed E-state index contributed by atoms with van der Waals surface area (Å²) in [6, 6.07) is 0. The average molecular weight is 240 g/mol. The van der Waals surface area contributed by atoms with Crippen LogP contribution < -0.4 is 0 Å². The molecule has 2 heteroatoms. The summed E-state index contributed by atoms with van der Waals surface area (Å²) in [5.74, 6) is 1.55. The Morgan fingerprint density at radius 1 is 1.24 bits per heavy atom. The zero-order valence-corrected chi connectivity index (χ0v) is 11.3. The Kier molecular flexibility index (Phi) is 4.87. The van der Waals surface area contributed by atoms with Crippen LogP contribution in [0.25, 0.3) is 0 Å². The Morgan fingerprint density at radius 3 is 2.53 bits per heavy atom. The quantitative estimate of drug-likeness (QED) is 0.798. The molecule has 17 heavy (non-hydrogen) atoms. The minimum absolute atomic E-state index is 0.208. The van der Waals surface area contributed by atoms with E-state index in [2.05, 4.69) is 6.92 Å². The lowest BCUT2D eigenvalue weighted by molar-refractivity contribution is 0.00331. The fourth-order valence-corrected chi connectivity index (χ4v) is 3.75. The van der Waals surface area contributed by atoms with Gasteiger partial charge >= 0.3 is 0 Å². The van der Waals surface area contributed by atoms with Crippen LogP contribution in [0.3, 0.4) is 0 Å². The Morgan fingerprint density at radius 2 is 2.00 bits per heavy atom. The molecule has 0 aromatic rings. The van der Waals surface area contributed by atoms with Gasteiger partial charge in [-0.2, -0.15) is 0 Å². The monoisotopic (exact) mass is 240 g/mol. The van der Waals surface area contributed by atoms with Gasteiger partial charge in [0.1, 0.15) is 0 Å². The Labute approximate surface area is 106 Å². The molecule has 1 aliphatic carbocycles. The number of aliphatic hydroxyl groups is 1. The van der Waals surface area contributed by atoms with E-state index >= 15 is 0 Å². The molecule has 1 atom stereocenters. The average Bonchev–Trinajstić information content (AvgIpc) is 2.91. The molecule has 1 saturated heterocycles. The van der Waals surface area contributed by atoms with Gasteiger partial charge < -0.3 is 9.84 Å². The van der Waals surface area contributed by atoms with E-state index in [-0.39, 0.29) is 5.41 Å². The van der Waals surface area contributed by atoms with Crippen LogP contribution in [-0.4, -0.2) is 24.9 Å². The van der Waals surface area contributed by atoms with E-state index in [4.69, 9.17) is 4.74 Å². The SMILES string of the molecule is CCCCC1CCC(CO)(C2CCOC2)CC1. The largest absolute Gasteiger partial charge is 0.396 e. The molecule has 1 heterocycles. The van der Waals surface area contributed by atoms with Crippen molar-refractivity contribution in [3.63, 3.8) is 0 Å². The number of rotatable bonds is 5. The summed E-state index contributed by atoms with van der Waals surface area (Å²) in [6.45, 7) is 4.45. The first kappa shape index (κ1) is 13.4. The van der Waals surface area contributed by atoms with Gasteiger partial charge in [-0.1, -0.05) is 26.2 Å². The molecule has 2 nitrogen and oxygen atoms in total. The molecule has 0 bridgehead atoms. The summed E-state index contributed by atoms with van der Waals surface area (Å²) in [5.41, 5.74) is 0.208. The first-order valence-electron chi connectivity index (χ1n) is 7.49. The molecule has 2 aliphatic rings. The van der Waals surface area contributed by atoms with Gasteiger partial charge in [0, 0.05) is 13.2 Å². The van der Waals surface area contributed by atoms with Gasteiger partial charge in [0.2, 0.25) is 0 Å². The molecule has 100 valence electrons. The minimum Gasteiger partial charge on any atom is -0.396 e. The van der Waals surface area contributed by atoms with Crippen molar-refractivity contribution in [2.24, 2.45) is 17.3 Å². The van der Waals surface area contributed by atoms with Crippen LogP contribution in [0.1, 0.15) is 58.3 Å². The summed E-state index contributed by atoms with van der Waals surface area (Å²) < 4.78 is 5.52. The van der Waals surface area contributed by atoms with Gasteiger partial charge in [0.05, 0.1) is 6.61 Å². The van der Waals surface area contributed by atoms with Crippen LogP contribution in [0.4, 0.5) is 0 Å². The fraction of sp³-hybridized carbons (Fsp3) is 1.00. The van der Waals surface area contributed by atoms with Gasteiger partial charge in [-0.15, -0.1) is 0 Å². The summed E-state index contributed by atoms with van der Waals surface area (Å²) in [6.07, 6.45) is 10.4. The van der Waals surface area contributed by atoms with E-state index in [9.17, 15) is 5.11 Å². The second-order valence-electron chi connectivity index (χ2n) is 6.17. The lowest BCUT2D eigenvalue weighted by atomic mass is 9.63. The van der Waals surface area contributed by atoms with Gasteiger partial charge in [-0.25, -0.2) is 0 Å². The minimum atomic E-state index is 0.208. The smallest absolute Gasteiger partial charge is 0.0501 e. The van der Waals surface area contributed by atoms with Crippen LogP contribution in [-0.2, 0) is 4.74 Å². The van der Waals surface area contributed by atoms with E-state index in [1.54, 1.807) is 0 Å². The topological polar surface area (TPSA) is 29.5 Å². The molecule has 1 unspecified atom stereocenters. The van der Waals surface area contributed by atoms with Crippen LogP contribution in [0.2, 0.25) is 0 Å². The number of ether oxygens (including phenoxy) is 1. The van der Waals surface area contributed by atoms with E-state index in [0.29, 0.717) is 12.5 Å². The highest BCUT2D eigenvalue weighted by atomic mass is 16.5. The second-order valence-corrected chi connectivity index (χ2v) is 6.17. The maximum absolute atomic E-state index is 9.81. The number of unbranched alkanes of at least 4 members (excludes halogenated alkanes) is 1. The summed E-state index contributed by atoms with van der Waals surface area (Å²) in [5, 5.41) is 9.81. The maximum atomic E-state index is 9.81. The van der Waals surface area contributed by atoms with Crippen molar-refractivity contribution in [1.29, 1.82) is 0 Å². The second kappa shape index (κ2) is 6.19. The van der Waals surface area contributed by atoms with E-state index in [1.165, 1.54) is 51.4 Å². The Balaban J connectivity index is 1.85. The van der Waals surface area contributed by atoms with Crippen LogP contribution in [0.5, 0.6) is 0 Å². The van der Waals surface area contributed by atoms with Gasteiger partial charge in [-0.05, 0) is 49.4 Å². The first-order chi connectivity index (χ1) is 8.30. The molecule has 0 spiro atoms. The third-order valence-electron chi connectivity index (χ3n) is 5.18.